The van der Waals surface area contributed by atoms with Crippen molar-refractivity contribution in [3.05, 3.63) is 45.9 Å². The zero-order valence-electron chi connectivity index (χ0n) is 12.2. The number of thiazole rings is 1. The molecule has 0 bridgehead atoms. The van der Waals surface area contributed by atoms with Crippen LogP contribution in [0.5, 0.6) is 5.75 Å². The summed E-state index contributed by atoms with van der Waals surface area (Å²) in [6.45, 7) is 2.70. The minimum absolute atomic E-state index is 0.105. The van der Waals surface area contributed by atoms with Crippen molar-refractivity contribution in [1.29, 1.82) is 0 Å². The number of likely N-dealkylation sites (tertiary alicyclic amines) is 1. The number of nitrogens with zero attached hydrogens (tertiary/aromatic N) is 2. The van der Waals surface area contributed by atoms with E-state index in [0.717, 1.165) is 35.7 Å². The predicted octanol–water partition coefficient (Wildman–Crippen LogP) is 3.44. The van der Waals surface area contributed by atoms with Gasteiger partial charge < -0.3 is 9.64 Å². The molecular formula is C16H18N2O2S. The number of ether oxygens (including phenoxy) is 1. The first-order chi connectivity index (χ1) is 10.2. The zero-order valence-corrected chi connectivity index (χ0v) is 13.0. The number of hydrogen-bond acceptors (Lipinski definition) is 4. The van der Waals surface area contributed by atoms with Crippen molar-refractivity contribution in [3.8, 4) is 5.75 Å². The van der Waals surface area contributed by atoms with Gasteiger partial charge >= 0.3 is 0 Å². The van der Waals surface area contributed by atoms with Crippen molar-refractivity contribution in [2.75, 3.05) is 13.7 Å². The van der Waals surface area contributed by atoms with E-state index in [1.807, 2.05) is 24.0 Å². The van der Waals surface area contributed by atoms with Gasteiger partial charge in [-0.05, 0) is 37.5 Å². The smallest absolute Gasteiger partial charge is 0.266 e. The monoisotopic (exact) mass is 302 g/mol. The number of amides is 1. The summed E-state index contributed by atoms with van der Waals surface area (Å²) in [5.74, 6) is 0.946. The summed E-state index contributed by atoms with van der Waals surface area (Å²) < 4.78 is 5.19. The van der Waals surface area contributed by atoms with Crippen LogP contribution in [0.1, 0.15) is 39.8 Å². The molecule has 110 valence electrons. The number of carbonyl (C=O) groups excluding carboxylic acids is 1. The Labute approximate surface area is 128 Å². The second kappa shape index (κ2) is 5.85. The number of benzene rings is 1. The van der Waals surface area contributed by atoms with Crippen LogP contribution in [-0.4, -0.2) is 29.4 Å². The highest BCUT2D eigenvalue weighted by Gasteiger charge is 2.31. The number of carbonyl (C=O) groups is 1. The van der Waals surface area contributed by atoms with E-state index in [0.29, 0.717) is 0 Å². The molecule has 1 aromatic heterocycles. The number of aromatic nitrogens is 1. The van der Waals surface area contributed by atoms with Gasteiger partial charge in [0.05, 0.1) is 24.4 Å². The Hall–Kier alpha value is -1.88. The molecule has 1 amide bonds. The lowest BCUT2D eigenvalue weighted by Crippen LogP contribution is -2.30. The number of methoxy groups -OCH3 is 1. The summed E-state index contributed by atoms with van der Waals surface area (Å²) >= 11 is 1.43. The van der Waals surface area contributed by atoms with Gasteiger partial charge in [0.2, 0.25) is 0 Å². The van der Waals surface area contributed by atoms with Gasteiger partial charge in [-0.25, -0.2) is 4.98 Å². The summed E-state index contributed by atoms with van der Waals surface area (Å²) in [6, 6.07) is 8.16. The van der Waals surface area contributed by atoms with Crippen molar-refractivity contribution < 1.29 is 9.53 Å². The van der Waals surface area contributed by atoms with Gasteiger partial charge in [-0.15, -0.1) is 11.3 Å². The molecule has 3 rings (SSSR count). The summed E-state index contributed by atoms with van der Waals surface area (Å²) in [4.78, 5) is 19.6. The van der Waals surface area contributed by atoms with Gasteiger partial charge in [0, 0.05) is 6.54 Å². The summed E-state index contributed by atoms with van der Waals surface area (Å²) in [7, 11) is 1.66. The fraction of sp³-hybridized carbons (Fsp3) is 0.375. The highest BCUT2D eigenvalue weighted by atomic mass is 32.1. The van der Waals surface area contributed by atoms with E-state index >= 15 is 0 Å². The van der Waals surface area contributed by atoms with Crippen molar-refractivity contribution in [1.82, 2.24) is 9.88 Å². The second-order valence-electron chi connectivity index (χ2n) is 5.20. The average Bonchev–Trinajstić information content (AvgIpc) is 3.15. The van der Waals surface area contributed by atoms with Crippen LogP contribution in [0.3, 0.4) is 0 Å². The first-order valence-electron chi connectivity index (χ1n) is 7.05. The van der Waals surface area contributed by atoms with E-state index < -0.39 is 0 Å². The normalized spacial score (nSPS) is 18.0. The molecule has 21 heavy (non-hydrogen) atoms. The van der Waals surface area contributed by atoms with E-state index in [-0.39, 0.29) is 11.9 Å². The molecule has 0 radical (unpaired) electrons. The maximum atomic E-state index is 12.7. The van der Waals surface area contributed by atoms with Gasteiger partial charge in [0.25, 0.3) is 5.91 Å². The quantitative estimate of drug-likeness (QED) is 0.872. The average molecular weight is 302 g/mol. The molecule has 4 nitrogen and oxygen atoms in total. The van der Waals surface area contributed by atoms with Crippen molar-refractivity contribution in [2.24, 2.45) is 0 Å². The van der Waals surface area contributed by atoms with Crippen LogP contribution in [0.25, 0.3) is 0 Å². The Balaban J connectivity index is 1.85. The highest BCUT2D eigenvalue weighted by Crippen LogP contribution is 2.34. The lowest BCUT2D eigenvalue weighted by molar-refractivity contribution is 0.0739. The van der Waals surface area contributed by atoms with Gasteiger partial charge in [-0.2, -0.15) is 0 Å². The van der Waals surface area contributed by atoms with Crippen LogP contribution >= 0.6 is 11.3 Å². The standard InChI is InChI=1S/C16H18N2O2S/c1-11-15(21-10-17-11)16(19)18-9-3-4-14(18)12-5-7-13(20-2)8-6-12/h5-8,10,14H,3-4,9H2,1-2H3/t14-/m0/s1. The topological polar surface area (TPSA) is 42.4 Å². The number of aryl methyl sites for hydroxylation is 1. The second-order valence-corrected chi connectivity index (χ2v) is 6.05. The van der Waals surface area contributed by atoms with E-state index in [1.54, 1.807) is 12.6 Å². The molecule has 0 spiro atoms. The van der Waals surface area contributed by atoms with E-state index in [4.69, 9.17) is 4.74 Å². The highest BCUT2D eigenvalue weighted by molar-refractivity contribution is 7.11. The lowest BCUT2D eigenvalue weighted by Gasteiger charge is -2.25. The molecule has 5 heteroatoms. The zero-order chi connectivity index (χ0) is 14.8. The molecule has 1 atom stereocenters. The minimum Gasteiger partial charge on any atom is -0.497 e. The molecule has 1 aliphatic rings. The predicted molar refractivity (Wildman–Crippen MR) is 82.9 cm³/mol. The maximum absolute atomic E-state index is 12.7. The van der Waals surface area contributed by atoms with Crippen LogP contribution < -0.4 is 4.74 Å². The third kappa shape index (κ3) is 2.65. The fourth-order valence-corrected chi connectivity index (χ4v) is 3.58. The largest absolute Gasteiger partial charge is 0.497 e. The first-order valence-corrected chi connectivity index (χ1v) is 7.93. The van der Waals surface area contributed by atoms with Gasteiger partial charge in [-0.1, -0.05) is 12.1 Å². The summed E-state index contributed by atoms with van der Waals surface area (Å²) in [5, 5.41) is 0. The summed E-state index contributed by atoms with van der Waals surface area (Å²) in [6.07, 6.45) is 2.05. The molecule has 1 aliphatic heterocycles. The maximum Gasteiger partial charge on any atom is 0.266 e. The Kier molecular flexibility index (Phi) is 3.92. The lowest BCUT2D eigenvalue weighted by atomic mass is 10.0. The fourth-order valence-electron chi connectivity index (χ4n) is 2.82. The third-order valence-corrected chi connectivity index (χ3v) is 4.87. The van der Waals surface area contributed by atoms with E-state index in [9.17, 15) is 4.79 Å². The van der Waals surface area contributed by atoms with E-state index in [1.165, 1.54) is 16.9 Å². The minimum atomic E-state index is 0.105. The molecule has 1 fully saturated rings. The van der Waals surface area contributed by atoms with Gasteiger partial charge in [0.1, 0.15) is 10.6 Å². The Morgan fingerprint density at radius 1 is 1.38 bits per heavy atom. The SMILES string of the molecule is COc1ccc([C@@H]2CCCN2C(=O)c2scnc2C)cc1. The van der Waals surface area contributed by atoms with Crippen LogP contribution in [-0.2, 0) is 0 Å². The molecule has 2 heterocycles. The molecular weight excluding hydrogens is 284 g/mol. The van der Waals surface area contributed by atoms with Crippen LogP contribution in [0.4, 0.5) is 0 Å². The Bertz CT molecular complexity index is 636. The molecule has 0 aliphatic carbocycles. The summed E-state index contributed by atoms with van der Waals surface area (Å²) in [5.41, 5.74) is 3.73. The Morgan fingerprint density at radius 3 is 2.76 bits per heavy atom. The van der Waals surface area contributed by atoms with Crippen molar-refractivity contribution >= 4 is 17.2 Å². The van der Waals surface area contributed by atoms with E-state index in [2.05, 4.69) is 17.1 Å². The van der Waals surface area contributed by atoms with Gasteiger partial charge in [0.15, 0.2) is 0 Å². The van der Waals surface area contributed by atoms with Crippen LogP contribution in [0.2, 0.25) is 0 Å². The van der Waals surface area contributed by atoms with Gasteiger partial charge in [-0.3, -0.25) is 4.79 Å². The number of hydrogen-bond donors (Lipinski definition) is 0. The van der Waals surface area contributed by atoms with Crippen LogP contribution in [0, 0.1) is 6.92 Å². The number of rotatable bonds is 3. The first kappa shape index (κ1) is 14.1. The van der Waals surface area contributed by atoms with Crippen molar-refractivity contribution in [2.45, 2.75) is 25.8 Å². The molecule has 2 aromatic rings. The molecule has 1 aromatic carbocycles. The third-order valence-electron chi connectivity index (χ3n) is 3.95. The Morgan fingerprint density at radius 2 is 2.14 bits per heavy atom. The molecule has 0 saturated carbocycles. The van der Waals surface area contributed by atoms with Crippen molar-refractivity contribution in [3.63, 3.8) is 0 Å². The molecule has 1 saturated heterocycles. The molecule has 0 unspecified atom stereocenters. The van der Waals surface area contributed by atoms with Crippen LogP contribution in [0.15, 0.2) is 29.8 Å². The molecule has 0 N–H and O–H groups in total.